The molecule has 0 amide bonds. The zero-order valence-electron chi connectivity index (χ0n) is 64.2. The van der Waals surface area contributed by atoms with Gasteiger partial charge in [-0.1, -0.05) is 75.3 Å². The molecule has 0 saturated carbocycles. The summed E-state index contributed by atoms with van der Waals surface area (Å²) in [6.45, 7) is 18.6. The van der Waals surface area contributed by atoms with Gasteiger partial charge in [0.15, 0.2) is 63.0 Å². The normalized spacial score (nSPS) is 26.1. The highest BCUT2D eigenvalue weighted by atomic mass is 32.2. The van der Waals surface area contributed by atoms with Crippen molar-refractivity contribution in [1.82, 2.24) is 58.1 Å². The van der Waals surface area contributed by atoms with Crippen molar-refractivity contribution in [3.8, 4) is 0 Å². The number of thioether (sulfide) groups is 3. The average Bonchev–Trinajstić information content (AvgIpc) is 1.63. The number of ether oxygens (including phenoxy) is 4. The van der Waals surface area contributed by atoms with Crippen LogP contribution in [-0.2, 0) is 18.9 Å². The first-order valence-corrected chi connectivity index (χ1v) is 51.9. The summed E-state index contributed by atoms with van der Waals surface area (Å²) in [7, 11) is 0. The van der Waals surface area contributed by atoms with Crippen molar-refractivity contribution in [2.45, 2.75) is 199 Å². The van der Waals surface area contributed by atoms with Crippen LogP contribution in [0.1, 0.15) is 110 Å². The van der Waals surface area contributed by atoms with Crippen LogP contribution in [-0.4, -0.2) is 293 Å². The highest BCUT2D eigenvalue weighted by Crippen LogP contribution is 2.47. The number of hydrogen-bond acceptors (Lipinski definition) is 28. The lowest BCUT2D eigenvalue weighted by Crippen LogP contribution is -2.32. The molecule has 36 heteroatoms. The second-order valence-electron chi connectivity index (χ2n) is 31.0. The van der Waals surface area contributed by atoms with Crippen LogP contribution in [0.2, 0.25) is 0 Å². The van der Waals surface area contributed by atoms with Gasteiger partial charge in [0.1, 0.15) is 70.9 Å². The largest absolute Gasteiger partial charge is 0.397 e. The van der Waals surface area contributed by atoms with Gasteiger partial charge in [0.2, 0.25) is 5.95 Å². The van der Waals surface area contributed by atoms with Gasteiger partial charge in [-0.25, -0.2) is 39.9 Å². The average molecular weight is 1630 g/mol. The van der Waals surface area contributed by atoms with E-state index in [0.29, 0.717) is 109 Å². The molecule has 4 fully saturated rings. The number of unbranched alkanes of at least 4 members (excludes halogenated alkanes) is 3. The monoisotopic (exact) mass is 1630 g/mol. The molecular weight excluding hydrogens is 1510 g/mol. The van der Waals surface area contributed by atoms with Gasteiger partial charge in [-0.15, -0.1) is 52.7 Å². The second-order valence-corrected chi connectivity index (χ2v) is 51.5. The molecule has 16 atom stereocenters. The van der Waals surface area contributed by atoms with Crippen molar-refractivity contribution in [3.05, 3.63) is 49.1 Å². The lowest BCUT2D eigenvalue weighted by Gasteiger charge is -2.20. The lowest BCUT2D eigenvalue weighted by molar-refractivity contribution is -0.0400. The summed E-state index contributed by atoms with van der Waals surface area (Å²) in [4.78, 5) is 35.7. The Morgan fingerprint density at radius 3 is 0.898 bits per heavy atom. The zero-order chi connectivity index (χ0) is 79.1. The molecule has 4 aliphatic heterocycles. The number of aliphatic hydroxyl groups excluding tert-OH is 8. The molecule has 0 unspecified atom stereocenters. The van der Waals surface area contributed by atoms with Crippen LogP contribution in [0.4, 0.5) is 28.7 Å². The highest BCUT2D eigenvalue weighted by Gasteiger charge is 2.49. The lowest BCUT2D eigenvalue weighted by atomic mass is 10.1. The topological polar surface area (TPSA) is 452 Å². The minimum absolute atomic E-state index is 0.136. The van der Waals surface area contributed by atoms with Gasteiger partial charge in [-0.2, -0.15) is 0 Å². The van der Waals surface area contributed by atoms with Gasteiger partial charge in [-0.3, -0.25) is 18.3 Å². The Bertz CT molecular complexity index is 4530. The number of aromatic nitrogens is 12. The van der Waals surface area contributed by atoms with E-state index in [-0.39, 0.29) is 5.95 Å². The molecule has 8 aromatic heterocycles. The van der Waals surface area contributed by atoms with Gasteiger partial charge in [-0.05, 0) is 147 Å². The number of nitrogens with zero attached hydrogens (tertiary/aromatic N) is 12. The fourth-order valence-corrected chi connectivity index (χ4v) is 19.7. The Morgan fingerprint density at radius 1 is 0.361 bits per heavy atom. The fraction of sp³-hybridized carbons (Fsp3) is 0.611. The molecule has 4 aliphatic rings. The van der Waals surface area contributed by atoms with Gasteiger partial charge in [0.05, 0.1) is 47.2 Å². The number of pyridine rings is 4. The molecule has 12 rings (SSSR count). The zero-order valence-corrected chi connectivity index (χ0v) is 70.2. The van der Waals surface area contributed by atoms with E-state index in [1.165, 1.54) is 4.57 Å². The molecule has 29 nitrogen and oxygen atoms in total. The molecule has 8 aromatic rings. The first-order chi connectivity index (χ1) is 50.9. The van der Waals surface area contributed by atoms with E-state index < -0.39 is 126 Å². The van der Waals surface area contributed by atoms with Crippen LogP contribution in [0.3, 0.4) is 0 Å². The summed E-state index contributed by atoms with van der Waals surface area (Å²) in [6.07, 6.45) is 22.9. The maximum Gasteiger partial charge on any atom is 0.204 e. The molecule has 600 valence electrons. The fourth-order valence-electron chi connectivity index (χ4n) is 12.9. The van der Waals surface area contributed by atoms with E-state index in [1.807, 2.05) is 0 Å². The van der Waals surface area contributed by atoms with Gasteiger partial charge < -0.3 is 88.5 Å². The van der Waals surface area contributed by atoms with Crippen molar-refractivity contribution >= 4 is 161 Å². The number of nitrogen functional groups attached to an aromatic ring is 5. The maximum absolute atomic E-state index is 10.8. The Labute approximate surface area is 647 Å². The van der Waals surface area contributed by atoms with Gasteiger partial charge >= 0.3 is 0 Å². The molecular formula is C72H117N17O12P4S3. The molecule has 0 spiro atoms. The van der Waals surface area contributed by atoms with Crippen molar-refractivity contribution < 1.29 is 59.8 Å². The van der Waals surface area contributed by atoms with Crippen LogP contribution in [0.25, 0.3) is 44.7 Å². The summed E-state index contributed by atoms with van der Waals surface area (Å²) < 4.78 is 31.2. The van der Waals surface area contributed by atoms with Crippen LogP contribution in [0.5, 0.6) is 0 Å². The van der Waals surface area contributed by atoms with Crippen LogP contribution >= 0.6 is 62.8 Å². The quantitative estimate of drug-likeness (QED) is 0.0125. The van der Waals surface area contributed by atoms with E-state index in [1.54, 1.807) is 98.0 Å². The number of anilines is 5. The van der Waals surface area contributed by atoms with Crippen LogP contribution < -0.4 is 28.7 Å². The summed E-state index contributed by atoms with van der Waals surface area (Å²) >= 11 is 4.77. The first-order valence-electron chi connectivity index (χ1n) is 36.8. The van der Waals surface area contributed by atoms with Crippen molar-refractivity contribution in [3.63, 3.8) is 0 Å². The molecule has 4 saturated heterocycles. The number of fused-ring (bicyclic) bond motifs is 4. The molecule has 18 N–H and O–H groups in total. The molecule has 12 heterocycles. The van der Waals surface area contributed by atoms with E-state index in [0.717, 1.165) is 80.4 Å². The number of nitrogens with two attached hydrogens (primary N) is 5. The van der Waals surface area contributed by atoms with Gasteiger partial charge in [0.25, 0.3) is 0 Å². The first kappa shape index (κ1) is 87.2. The summed E-state index contributed by atoms with van der Waals surface area (Å²) in [6, 6.07) is 6.76. The van der Waals surface area contributed by atoms with Crippen LogP contribution in [0.15, 0.2) is 64.5 Å². The Hall–Kier alpha value is -4.75. The van der Waals surface area contributed by atoms with Gasteiger partial charge in [0, 0.05) is 42.0 Å². The number of rotatable bonds is 28. The van der Waals surface area contributed by atoms with E-state index in [4.69, 9.17) is 47.6 Å². The predicted molar refractivity (Wildman–Crippen MR) is 454 cm³/mol. The number of aliphatic hydroxyl groups is 8. The standard InChI is InChI=1S/C20H33N4O3PS.C19H31N4O3PS.C18H29N4O3PS.C15H24N5O3P/c1-5-6-7-12-29-20-23-15-13(21)8-10-22-18(15)24(20)19-17(26)16(25)14(27-19)9-11-28(2,3)4;1-5-6-11-28-19-22-14-12(20)7-9-21-17(14)23(19)18-16(25)15(24)13(26-18)8-10-27(2,3)4;1-5-10-27-18-21-13-11(19)6-8-20-16(13)22(18)17-15(24)14(23)12(25-17)7-9-26(2,3)4;1-24(2,3)7-5-9-11(21)12(22)14(23-9)20-13-10(19-15(20)17)8(16)4-6-18-13/h8,10,14,16-17,19,25-26H,2,5-7,9,11-12H2,1,3-4H3,(H2,21,22);7,9,13,15-16,18,24-25H,2,5-6,8,10-11H2,1,3-4H3,(H2,20,21);6,8,12,14-15,17,23-24H,2,5,7,9-10H2,1,3-4H3,(H2,19,20);4,6,9,11-12,14,21-22H,1,5,7H2,2-3H3,(H2,16,18)(H2,17,19)/t14-,16-,17-,19-;13-,15-,16-,18-;12-,14-,15-,17-;9-,11-,12-,14-/m1111/s1. The summed E-state index contributed by atoms with van der Waals surface area (Å²) in [5.41, 5.74) is 36.6. The number of imidazole rings is 4. The SMILES string of the molecule is C=P(C)(C)CC[C@H]1O[C@@H](n2c(N)nc3c(N)ccnc32)[C@H](O)[C@@H]1O.C=P(C)(C)CC[C@H]1O[C@@H](n2c(SCCC)nc3c(N)ccnc32)[C@H](O)[C@@H]1O.C=P(C)(C)CC[C@H]1O[C@@H](n2c(SCCCC)nc3c(N)ccnc32)[C@H](O)[C@@H]1O.C=P(C)(C)CC[C@H]1O[C@@H](n2c(SCCCCC)nc3c(N)ccnc32)[C@H](O)[C@@H]1O. The third kappa shape index (κ3) is 21.4. The van der Waals surface area contributed by atoms with E-state index in [9.17, 15) is 40.9 Å². The Balaban J connectivity index is 0.000000166. The molecule has 0 radical (unpaired) electrons. The Kier molecular flexibility index (Phi) is 30.3. The van der Waals surface area contributed by atoms with Crippen LogP contribution in [0, 0.1) is 0 Å². The van der Waals surface area contributed by atoms with E-state index in [2.05, 4.69) is 139 Å². The Morgan fingerprint density at radius 2 is 0.620 bits per heavy atom. The third-order valence-corrected chi connectivity index (χ3v) is 28.1. The summed E-state index contributed by atoms with van der Waals surface area (Å²) in [5.74, 6) is 2.82. The minimum Gasteiger partial charge on any atom is -0.397 e. The smallest absolute Gasteiger partial charge is 0.204 e. The van der Waals surface area contributed by atoms with Crippen molar-refractivity contribution in [2.24, 2.45) is 0 Å². The van der Waals surface area contributed by atoms with E-state index >= 15 is 0 Å². The molecule has 0 aliphatic carbocycles. The minimum atomic E-state index is -1.25. The third-order valence-electron chi connectivity index (χ3n) is 19.0. The molecule has 0 bridgehead atoms. The number of hydrogen-bond donors (Lipinski definition) is 13. The highest BCUT2D eigenvalue weighted by molar-refractivity contribution is 7.99. The maximum atomic E-state index is 10.8. The predicted octanol–water partition coefficient (Wildman–Crippen LogP) is 8.19. The molecule has 108 heavy (non-hydrogen) atoms. The molecule has 0 aromatic carbocycles. The van der Waals surface area contributed by atoms with Crippen molar-refractivity contribution in [1.29, 1.82) is 0 Å². The summed E-state index contributed by atoms with van der Waals surface area (Å²) in [5, 5.41) is 86.9. The second kappa shape index (κ2) is 37.5. The van der Waals surface area contributed by atoms with Crippen molar-refractivity contribution in [2.75, 3.05) is 124 Å².